The molecule has 0 unspecified atom stereocenters. The van der Waals surface area contributed by atoms with E-state index in [0.717, 1.165) is 0 Å². The molecule has 0 bridgehead atoms. The molecule has 0 aliphatic rings. The van der Waals surface area contributed by atoms with E-state index in [4.69, 9.17) is 12.3 Å². The number of hydrogen-bond donors (Lipinski definition) is 1. The largest absolute Gasteiger partial charge is 0.363 e. The van der Waals surface area contributed by atoms with Crippen LogP contribution < -0.4 is 5.73 Å². The van der Waals surface area contributed by atoms with Crippen molar-refractivity contribution in [1.29, 1.82) is 0 Å². The van der Waals surface area contributed by atoms with Crippen LogP contribution in [-0.2, 0) is 0 Å². The third-order valence-electron chi connectivity index (χ3n) is 1.10. The standard InChI is InChI=1S/C7H6N4/c1-3-5-7(9-2)11-6(8)4-10-5/h3-4H,1H2,(H2,8,11). The molecule has 1 aromatic heterocycles. The molecule has 0 saturated heterocycles. The molecule has 0 fully saturated rings. The molecule has 0 aliphatic heterocycles. The molecule has 4 nitrogen and oxygen atoms in total. The highest BCUT2D eigenvalue weighted by molar-refractivity contribution is 5.59. The topological polar surface area (TPSA) is 56.2 Å². The molecule has 4 heteroatoms. The minimum Gasteiger partial charge on any atom is -0.363 e. The van der Waals surface area contributed by atoms with Crippen molar-refractivity contribution in [2.24, 2.45) is 0 Å². The van der Waals surface area contributed by atoms with Crippen LogP contribution in [0.15, 0.2) is 12.8 Å². The summed E-state index contributed by atoms with van der Waals surface area (Å²) in [6, 6.07) is 0. The maximum absolute atomic E-state index is 6.70. The van der Waals surface area contributed by atoms with E-state index in [0.29, 0.717) is 5.69 Å². The fourth-order valence-corrected chi connectivity index (χ4v) is 0.628. The van der Waals surface area contributed by atoms with Crippen molar-refractivity contribution in [2.75, 3.05) is 5.73 Å². The molecule has 0 spiro atoms. The number of nitrogen functional groups attached to an aromatic ring is 1. The summed E-state index contributed by atoms with van der Waals surface area (Å²) in [5, 5.41) is 0. The zero-order valence-corrected chi connectivity index (χ0v) is 5.78. The molecule has 0 radical (unpaired) electrons. The Labute approximate surface area is 64.2 Å². The Morgan fingerprint density at radius 2 is 2.45 bits per heavy atom. The normalized spacial score (nSPS) is 8.64. The van der Waals surface area contributed by atoms with Gasteiger partial charge in [0.05, 0.1) is 11.9 Å². The van der Waals surface area contributed by atoms with Crippen LogP contribution in [-0.4, -0.2) is 9.97 Å². The quantitative estimate of drug-likeness (QED) is 0.606. The van der Waals surface area contributed by atoms with E-state index < -0.39 is 0 Å². The lowest BCUT2D eigenvalue weighted by atomic mass is 10.4. The van der Waals surface area contributed by atoms with Crippen LogP contribution in [0.5, 0.6) is 0 Å². The molecule has 0 amide bonds. The predicted molar refractivity (Wildman–Crippen MR) is 42.8 cm³/mol. The van der Waals surface area contributed by atoms with Crippen LogP contribution in [0.1, 0.15) is 5.69 Å². The van der Waals surface area contributed by atoms with Gasteiger partial charge in [-0.15, -0.1) is 0 Å². The van der Waals surface area contributed by atoms with Crippen molar-refractivity contribution >= 4 is 17.7 Å². The average molecular weight is 146 g/mol. The molecule has 0 aliphatic carbocycles. The summed E-state index contributed by atoms with van der Waals surface area (Å²) in [5.41, 5.74) is 5.77. The molecular formula is C7H6N4. The van der Waals surface area contributed by atoms with E-state index in [1.54, 1.807) is 0 Å². The van der Waals surface area contributed by atoms with Crippen LogP contribution >= 0.6 is 0 Å². The molecule has 54 valence electrons. The van der Waals surface area contributed by atoms with E-state index >= 15 is 0 Å². The van der Waals surface area contributed by atoms with E-state index in [2.05, 4.69) is 21.4 Å². The molecule has 1 aromatic rings. The summed E-state index contributed by atoms with van der Waals surface area (Å²) < 4.78 is 0. The smallest absolute Gasteiger partial charge is 0.297 e. The van der Waals surface area contributed by atoms with Crippen molar-refractivity contribution in [2.45, 2.75) is 0 Å². The Hall–Kier alpha value is -1.89. The lowest BCUT2D eigenvalue weighted by molar-refractivity contribution is 1.21. The number of hydrogen-bond acceptors (Lipinski definition) is 3. The average Bonchev–Trinajstić information content (AvgIpc) is 2.04. The lowest BCUT2D eigenvalue weighted by Gasteiger charge is -1.93. The van der Waals surface area contributed by atoms with E-state index in [1.807, 2.05) is 0 Å². The Morgan fingerprint density at radius 3 is 3.00 bits per heavy atom. The summed E-state index contributed by atoms with van der Waals surface area (Å²) in [6.45, 7) is 10.2. The molecule has 1 heterocycles. The molecular weight excluding hydrogens is 140 g/mol. The second-order valence-electron chi connectivity index (χ2n) is 1.82. The lowest BCUT2D eigenvalue weighted by Crippen LogP contribution is -1.92. The number of nitrogens with two attached hydrogens (primary N) is 1. The second kappa shape index (κ2) is 2.80. The first-order chi connectivity index (χ1) is 5.27. The van der Waals surface area contributed by atoms with Gasteiger partial charge < -0.3 is 10.6 Å². The maximum Gasteiger partial charge on any atom is 0.297 e. The summed E-state index contributed by atoms with van der Waals surface area (Å²) in [6.07, 6.45) is 2.87. The highest BCUT2D eigenvalue weighted by Crippen LogP contribution is 2.15. The van der Waals surface area contributed by atoms with Crippen molar-refractivity contribution < 1.29 is 0 Å². The molecule has 1 rings (SSSR count). The minimum absolute atomic E-state index is 0.194. The van der Waals surface area contributed by atoms with Crippen molar-refractivity contribution in [3.05, 3.63) is 29.9 Å². The number of aromatic nitrogens is 2. The van der Waals surface area contributed by atoms with Crippen LogP contribution in [0, 0.1) is 6.57 Å². The summed E-state index contributed by atoms with van der Waals surface area (Å²) in [5.74, 6) is 0.446. The first-order valence-electron chi connectivity index (χ1n) is 2.90. The van der Waals surface area contributed by atoms with Crippen LogP contribution in [0.3, 0.4) is 0 Å². The van der Waals surface area contributed by atoms with Gasteiger partial charge in [-0.2, -0.15) is 0 Å². The number of anilines is 1. The van der Waals surface area contributed by atoms with Gasteiger partial charge >= 0.3 is 0 Å². The molecule has 0 atom stereocenters. The number of nitrogens with zero attached hydrogens (tertiary/aromatic N) is 3. The Morgan fingerprint density at radius 1 is 1.73 bits per heavy atom. The molecule has 0 aromatic carbocycles. The first-order valence-corrected chi connectivity index (χ1v) is 2.90. The van der Waals surface area contributed by atoms with Gasteiger partial charge in [0.1, 0.15) is 0 Å². The minimum atomic E-state index is 0.194. The van der Waals surface area contributed by atoms with Crippen molar-refractivity contribution in [3.63, 3.8) is 0 Å². The number of rotatable bonds is 1. The fourth-order valence-electron chi connectivity index (χ4n) is 0.628. The Balaban J connectivity index is 3.30. The van der Waals surface area contributed by atoms with Crippen LogP contribution in [0.2, 0.25) is 0 Å². The van der Waals surface area contributed by atoms with Gasteiger partial charge in [0.15, 0.2) is 0 Å². The SMILES string of the molecule is [C-]#[N+]c1nc(N)cnc1C=C. The summed E-state index contributed by atoms with van der Waals surface area (Å²) in [4.78, 5) is 10.7. The van der Waals surface area contributed by atoms with E-state index in [1.165, 1.54) is 12.3 Å². The van der Waals surface area contributed by atoms with E-state index in [-0.39, 0.29) is 11.6 Å². The monoisotopic (exact) mass is 146 g/mol. The van der Waals surface area contributed by atoms with Gasteiger partial charge in [-0.1, -0.05) is 24.2 Å². The van der Waals surface area contributed by atoms with Gasteiger partial charge in [-0.25, -0.2) is 0 Å². The highest BCUT2D eigenvalue weighted by Gasteiger charge is 2.02. The van der Waals surface area contributed by atoms with Gasteiger partial charge in [-0.3, -0.25) is 4.98 Å². The van der Waals surface area contributed by atoms with Crippen LogP contribution in [0.25, 0.3) is 10.9 Å². The molecule has 11 heavy (non-hydrogen) atoms. The molecule has 2 N–H and O–H groups in total. The first kappa shape index (κ1) is 7.22. The Bertz CT molecular complexity index is 324. The molecule has 0 saturated carbocycles. The third-order valence-corrected chi connectivity index (χ3v) is 1.10. The van der Waals surface area contributed by atoms with Gasteiger partial charge in [0.25, 0.3) is 5.82 Å². The predicted octanol–water partition coefficient (Wildman–Crippen LogP) is 1.25. The van der Waals surface area contributed by atoms with E-state index in [9.17, 15) is 0 Å². The van der Waals surface area contributed by atoms with Gasteiger partial charge in [-0.05, 0) is 0 Å². The maximum atomic E-state index is 6.70. The summed E-state index contributed by atoms with van der Waals surface area (Å²) in [7, 11) is 0. The fraction of sp³-hybridized carbons (Fsp3) is 0. The zero-order valence-electron chi connectivity index (χ0n) is 5.78. The van der Waals surface area contributed by atoms with Crippen molar-refractivity contribution in [3.8, 4) is 0 Å². The van der Waals surface area contributed by atoms with Crippen LogP contribution in [0.4, 0.5) is 11.6 Å². The van der Waals surface area contributed by atoms with Gasteiger partial charge in [0, 0.05) is 0 Å². The summed E-state index contributed by atoms with van der Waals surface area (Å²) >= 11 is 0. The second-order valence-corrected chi connectivity index (χ2v) is 1.82. The zero-order chi connectivity index (χ0) is 8.27. The Kier molecular flexibility index (Phi) is 1.83. The third kappa shape index (κ3) is 1.33. The highest BCUT2D eigenvalue weighted by atomic mass is 15.0. The van der Waals surface area contributed by atoms with Gasteiger partial charge in [0.2, 0.25) is 5.82 Å². The van der Waals surface area contributed by atoms with Crippen molar-refractivity contribution in [1.82, 2.24) is 9.97 Å².